The summed E-state index contributed by atoms with van der Waals surface area (Å²) in [6.07, 6.45) is 1.43. The van der Waals surface area contributed by atoms with Crippen molar-refractivity contribution in [3.8, 4) is 5.75 Å². The average Bonchev–Trinajstić information content (AvgIpc) is 2.92. The summed E-state index contributed by atoms with van der Waals surface area (Å²) in [5.74, 6) is -1.71. The summed E-state index contributed by atoms with van der Waals surface area (Å²) >= 11 is 0. The number of carbonyl (C=O) groups is 5. The lowest BCUT2D eigenvalue weighted by molar-refractivity contribution is -0.129. The van der Waals surface area contributed by atoms with Crippen LogP contribution in [-0.4, -0.2) is 60.4 Å². The van der Waals surface area contributed by atoms with E-state index in [1.165, 1.54) is 12.1 Å². The van der Waals surface area contributed by atoms with Gasteiger partial charge in [0.15, 0.2) is 0 Å². The first-order valence-electron chi connectivity index (χ1n) is 12.4. The zero-order chi connectivity index (χ0) is 27.3. The Balaban J connectivity index is 1.55. The van der Waals surface area contributed by atoms with Gasteiger partial charge in [0.25, 0.3) is 0 Å². The summed E-state index contributed by atoms with van der Waals surface area (Å²) in [6.45, 7) is 0.167. The normalized spacial score (nSPS) is 16.3. The van der Waals surface area contributed by atoms with Crippen LogP contribution in [0.4, 0.5) is 4.79 Å². The van der Waals surface area contributed by atoms with Gasteiger partial charge in [-0.2, -0.15) is 0 Å². The van der Waals surface area contributed by atoms with Gasteiger partial charge in [0.1, 0.15) is 24.7 Å². The number of rotatable bonds is 12. The molecule has 5 N–H and O–H groups in total. The number of carbonyl (C=O) groups excluding carboxylic acids is 5. The van der Waals surface area contributed by atoms with Gasteiger partial charge in [-0.15, -0.1) is 0 Å². The molecule has 0 saturated carbocycles. The van der Waals surface area contributed by atoms with Gasteiger partial charge in [0.2, 0.25) is 17.7 Å². The number of hydrogen-bond donors (Lipinski definition) is 5. The van der Waals surface area contributed by atoms with Crippen LogP contribution in [0, 0.1) is 5.92 Å². The minimum Gasteiger partial charge on any atom is -0.508 e. The Bertz CT molecular complexity index is 1110. The van der Waals surface area contributed by atoms with E-state index in [2.05, 4.69) is 21.3 Å². The highest BCUT2D eigenvalue weighted by molar-refractivity contribution is 5.90. The minimum atomic E-state index is -1.08. The molecule has 1 saturated heterocycles. The van der Waals surface area contributed by atoms with Crippen LogP contribution in [0.3, 0.4) is 0 Å². The Labute approximate surface area is 220 Å². The van der Waals surface area contributed by atoms with Crippen LogP contribution in [0.15, 0.2) is 54.6 Å². The summed E-state index contributed by atoms with van der Waals surface area (Å²) in [4.78, 5) is 61.2. The van der Waals surface area contributed by atoms with Crippen LogP contribution in [0.25, 0.3) is 0 Å². The molecule has 1 aliphatic heterocycles. The molecule has 0 aromatic heterocycles. The summed E-state index contributed by atoms with van der Waals surface area (Å²) in [6, 6.07) is 13.2. The number of amides is 4. The number of aldehydes is 1. The number of alkyl carbamates (subject to hydrolysis) is 1. The molecule has 3 unspecified atom stereocenters. The Morgan fingerprint density at radius 1 is 1.05 bits per heavy atom. The van der Waals surface area contributed by atoms with Crippen molar-refractivity contribution in [1.82, 2.24) is 21.3 Å². The molecule has 0 aliphatic carbocycles. The maximum Gasteiger partial charge on any atom is 0.408 e. The van der Waals surface area contributed by atoms with Gasteiger partial charge >= 0.3 is 6.09 Å². The lowest BCUT2D eigenvalue weighted by Crippen LogP contribution is -2.51. The van der Waals surface area contributed by atoms with E-state index < -0.39 is 36.5 Å². The summed E-state index contributed by atoms with van der Waals surface area (Å²) in [7, 11) is 0. The maximum absolute atomic E-state index is 12.9. The third-order valence-electron chi connectivity index (χ3n) is 6.07. The number of aromatic hydroxyl groups is 1. The first-order valence-corrected chi connectivity index (χ1v) is 12.4. The largest absolute Gasteiger partial charge is 0.508 e. The van der Waals surface area contributed by atoms with Crippen molar-refractivity contribution in [2.45, 2.75) is 44.4 Å². The second kappa shape index (κ2) is 14.4. The molecule has 1 fully saturated rings. The first kappa shape index (κ1) is 28.2. The molecule has 202 valence electrons. The highest BCUT2D eigenvalue weighted by Gasteiger charge is 2.27. The van der Waals surface area contributed by atoms with Crippen molar-refractivity contribution in [2.75, 3.05) is 13.1 Å². The summed E-state index contributed by atoms with van der Waals surface area (Å²) in [5.41, 5.74) is 1.43. The molecule has 0 spiro atoms. The Kier molecular flexibility index (Phi) is 10.6. The van der Waals surface area contributed by atoms with Gasteiger partial charge in [-0.05, 0) is 42.5 Å². The third-order valence-corrected chi connectivity index (χ3v) is 6.07. The van der Waals surface area contributed by atoms with Gasteiger partial charge in [0, 0.05) is 18.9 Å². The van der Waals surface area contributed by atoms with Crippen LogP contribution < -0.4 is 21.3 Å². The summed E-state index contributed by atoms with van der Waals surface area (Å²) < 4.78 is 5.22. The van der Waals surface area contributed by atoms with E-state index in [0.29, 0.717) is 24.8 Å². The van der Waals surface area contributed by atoms with Crippen LogP contribution >= 0.6 is 0 Å². The van der Waals surface area contributed by atoms with Crippen molar-refractivity contribution in [1.29, 1.82) is 0 Å². The van der Waals surface area contributed by atoms with E-state index in [0.717, 1.165) is 12.0 Å². The van der Waals surface area contributed by atoms with Crippen molar-refractivity contribution in [3.63, 3.8) is 0 Å². The maximum atomic E-state index is 12.9. The van der Waals surface area contributed by atoms with E-state index in [9.17, 15) is 29.1 Å². The lowest BCUT2D eigenvalue weighted by atomic mass is 9.92. The zero-order valence-electron chi connectivity index (χ0n) is 20.9. The van der Waals surface area contributed by atoms with Crippen molar-refractivity contribution in [2.24, 2.45) is 5.92 Å². The van der Waals surface area contributed by atoms with Gasteiger partial charge in [-0.25, -0.2) is 4.79 Å². The molecule has 0 bridgehead atoms. The molecule has 11 heteroatoms. The number of phenolic OH excluding ortho intramolecular Hbond substituents is 1. The second-order valence-electron chi connectivity index (χ2n) is 9.02. The van der Waals surface area contributed by atoms with E-state index in [-0.39, 0.29) is 37.0 Å². The monoisotopic (exact) mass is 524 g/mol. The molecule has 3 rings (SSSR count). The first-order chi connectivity index (χ1) is 18.3. The van der Waals surface area contributed by atoms with Gasteiger partial charge < -0.3 is 35.9 Å². The Hall–Kier alpha value is -4.41. The molecule has 4 amide bonds. The highest BCUT2D eigenvalue weighted by Crippen LogP contribution is 2.17. The minimum absolute atomic E-state index is 0.00866. The molecule has 2 aromatic carbocycles. The number of hydrogen-bond acceptors (Lipinski definition) is 7. The fourth-order valence-corrected chi connectivity index (χ4v) is 4.05. The van der Waals surface area contributed by atoms with E-state index >= 15 is 0 Å². The fourth-order valence-electron chi connectivity index (χ4n) is 4.05. The predicted molar refractivity (Wildman–Crippen MR) is 137 cm³/mol. The zero-order valence-corrected chi connectivity index (χ0v) is 20.9. The van der Waals surface area contributed by atoms with E-state index in [4.69, 9.17) is 4.74 Å². The predicted octanol–water partition coefficient (Wildman–Crippen LogP) is 0.946. The lowest BCUT2D eigenvalue weighted by Gasteiger charge is -2.24. The van der Waals surface area contributed by atoms with Crippen molar-refractivity contribution >= 4 is 30.1 Å². The molecule has 2 aromatic rings. The number of piperidine rings is 1. The molecule has 0 radical (unpaired) electrons. The second-order valence-corrected chi connectivity index (χ2v) is 9.02. The topological polar surface area (TPSA) is 163 Å². The van der Waals surface area contributed by atoms with Crippen LogP contribution in [0.2, 0.25) is 0 Å². The van der Waals surface area contributed by atoms with Crippen LogP contribution in [0.1, 0.15) is 30.4 Å². The SMILES string of the molecule is O=CC(CC1CCCNC1=O)NC(=O)CNC(=O)C(Cc1ccc(O)cc1)NC(=O)OCc1ccccc1. The molecular weight excluding hydrogens is 492 g/mol. The van der Waals surface area contributed by atoms with E-state index in [1.54, 1.807) is 24.3 Å². The van der Waals surface area contributed by atoms with Crippen LogP contribution in [-0.2, 0) is 36.9 Å². The fraction of sp³-hybridized carbons (Fsp3) is 0.370. The van der Waals surface area contributed by atoms with Gasteiger partial charge in [-0.1, -0.05) is 42.5 Å². The smallest absolute Gasteiger partial charge is 0.408 e. The highest BCUT2D eigenvalue weighted by atomic mass is 16.5. The molecule has 1 heterocycles. The van der Waals surface area contributed by atoms with Crippen molar-refractivity contribution < 1.29 is 33.8 Å². The molecule has 38 heavy (non-hydrogen) atoms. The van der Waals surface area contributed by atoms with Gasteiger partial charge in [0.05, 0.1) is 12.6 Å². The molecule has 3 atom stereocenters. The van der Waals surface area contributed by atoms with Crippen LogP contribution in [0.5, 0.6) is 5.75 Å². The number of nitrogens with one attached hydrogen (secondary N) is 4. The average molecular weight is 525 g/mol. The van der Waals surface area contributed by atoms with E-state index in [1.807, 2.05) is 18.2 Å². The third kappa shape index (κ3) is 9.23. The number of ether oxygens (including phenoxy) is 1. The Morgan fingerprint density at radius 3 is 2.47 bits per heavy atom. The van der Waals surface area contributed by atoms with Crippen molar-refractivity contribution in [3.05, 3.63) is 65.7 Å². The Morgan fingerprint density at radius 2 is 1.79 bits per heavy atom. The molecule has 11 nitrogen and oxygen atoms in total. The molecule has 1 aliphatic rings. The number of phenols is 1. The standard InChI is InChI=1S/C27H32N4O7/c32-16-21(14-20-7-4-12-28-25(20)35)30-24(34)15-29-26(36)23(13-18-8-10-22(33)11-9-18)31-27(37)38-17-19-5-2-1-3-6-19/h1-3,5-6,8-11,16,20-21,23,33H,4,7,12-15,17H2,(H,28,35)(H,29,36)(H,30,34)(H,31,37). The number of benzene rings is 2. The van der Waals surface area contributed by atoms with Gasteiger partial charge in [-0.3, -0.25) is 14.4 Å². The quantitative estimate of drug-likeness (QED) is 0.258. The summed E-state index contributed by atoms with van der Waals surface area (Å²) in [5, 5.41) is 19.8. The molecular formula is C27H32N4O7.